The number of nitrogens with zero attached hydrogens (tertiary/aromatic N) is 3. The highest BCUT2D eigenvalue weighted by atomic mass is 16.1. The highest BCUT2D eigenvalue weighted by molar-refractivity contribution is 6.13. The Balaban J connectivity index is 1.50. The highest BCUT2D eigenvalue weighted by Crippen LogP contribution is 2.48. The standard InChI is InChI=1S/C26H17N5O/c32-24(29-16-5-4-11-27-14-16)13-21-17-6-1-2-7-18(17)25-19(21)8-3-9-20(25)26-30-22-10-12-28-15-23(22)31-26/h1-15H,(H,29,32)(H,30,31). The van der Waals surface area contributed by atoms with Gasteiger partial charge < -0.3 is 10.3 Å². The Kier molecular flexibility index (Phi) is 4.14. The molecule has 6 nitrogen and oxygen atoms in total. The van der Waals surface area contributed by atoms with E-state index in [9.17, 15) is 4.79 Å². The van der Waals surface area contributed by atoms with Crippen LogP contribution in [0.4, 0.5) is 5.69 Å². The minimum Gasteiger partial charge on any atom is -0.338 e. The maximum atomic E-state index is 12.8. The molecule has 0 unspecified atom stereocenters. The second-order valence-electron chi connectivity index (χ2n) is 7.54. The zero-order valence-corrected chi connectivity index (χ0v) is 16.9. The Hall–Kier alpha value is -4.58. The third-order valence-corrected chi connectivity index (χ3v) is 5.59. The van der Waals surface area contributed by atoms with Gasteiger partial charge in [-0.1, -0.05) is 42.5 Å². The van der Waals surface area contributed by atoms with Crippen molar-refractivity contribution >= 4 is 28.2 Å². The van der Waals surface area contributed by atoms with Crippen LogP contribution in [0.1, 0.15) is 11.1 Å². The van der Waals surface area contributed by atoms with Crippen molar-refractivity contribution in [1.82, 2.24) is 19.9 Å². The summed E-state index contributed by atoms with van der Waals surface area (Å²) in [4.78, 5) is 29.2. The molecular weight excluding hydrogens is 398 g/mol. The average Bonchev–Trinajstić information content (AvgIpc) is 3.40. The summed E-state index contributed by atoms with van der Waals surface area (Å²) in [7, 11) is 0. The zero-order chi connectivity index (χ0) is 21.5. The van der Waals surface area contributed by atoms with Crippen LogP contribution in [-0.2, 0) is 4.79 Å². The van der Waals surface area contributed by atoms with Crippen LogP contribution in [0.5, 0.6) is 0 Å². The molecule has 2 aromatic carbocycles. The number of H-pyrrole nitrogens is 1. The SMILES string of the molecule is O=C(C=C1c2ccccc2-c2c1cccc2-c1nc2cnccc2[nH]1)Nc1cccnc1. The van der Waals surface area contributed by atoms with Crippen LogP contribution >= 0.6 is 0 Å². The fourth-order valence-electron chi connectivity index (χ4n) is 4.23. The molecule has 6 heteroatoms. The van der Waals surface area contributed by atoms with Crippen molar-refractivity contribution in [2.45, 2.75) is 0 Å². The number of aromatic nitrogens is 4. The van der Waals surface area contributed by atoms with Gasteiger partial charge in [0.15, 0.2) is 0 Å². The van der Waals surface area contributed by atoms with Gasteiger partial charge in [0.25, 0.3) is 0 Å². The van der Waals surface area contributed by atoms with Gasteiger partial charge in [0.1, 0.15) is 11.3 Å². The second-order valence-corrected chi connectivity index (χ2v) is 7.54. The van der Waals surface area contributed by atoms with Gasteiger partial charge in [0.2, 0.25) is 5.91 Å². The van der Waals surface area contributed by atoms with Crippen molar-refractivity contribution < 1.29 is 4.79 Å². The summed E-state index contributed by atoms with van der Waals surface area (Å²) in [5, 5.41) is 2.89. The van der Waals surface area contributed by atoms with E-state index in [1.165, 1.54) is 0 Å². The summed E-state index contributed by atoms with van der Waals surface area (Å²) in [5.74, 6) is 0.580. The molecule has 32 heavy (non-hydrogen) atoms. The van der Waals surface area contributed by atoms with Crippen LogP contribution in [0.25, 0.3) is 39.1 Å². The smallest absolute Gasteiger partial charge is 0.249 e. The highest BCUT2D eigenvalue weighted by Gasteiger charge is 2.27. The van der Waals surface area contributed by atoms with Crippen LogP contribution in [0, 0.1) is 0 Å². The number of carbonyl (C=O) groups excluding carboxylic acids is 1. The number of fused-ring (bicyclic) bond motifs is 4. The third kappa shape index (κ3) is 2.97. The van der Waals surface area contributed by atoms with Crippen LogP contribution < -0.4 is 5.32 Å². The van der Waals surface area contributed by atoms with Crippen molar-refractivity contribution in [2.24, 2.45) is 0 Å². The van der Waals surface area contributed by atoms with Crippen molar-refractivity contribution in [3.63, 3.8) is 0 Å². The summed E-state index contributed by atoms with van der Waals surface area (Å²) in [6.45, 7) is 0. The summed E-state index contributed by atoms with van der Waals surface area (Å²) in [6.07, 6.45) is 8.45. The number of hydrogen-bond donors (Lipinski definition) is 2. The van der Waals surface area contributed by atoms with E-state index < -0.39 is 0 Å². The topological polar surface area (TPSA) is 83.6 Å². The fourth-order valence-corrected chi connectivity index (χ4v) is 4.23. The second kappa shape index (κ2) is 7.28. The molecule has 1 amide bonds. The Labute approximate surface area is 183 Å². The molecule has 0 fully saturated rings. The molecule has 1 aliphatic rings. The van der Waals surface area contributed by atoms with Gasteiger partial charge >= 0.3 is 0 Å². The molecule has 3 aromatic heterocycles. The molecule has 5 aromatic rings. The number of anilines is 1. The average molecular weight is 415 g/mol. The number of nitrogens with one attached hydrogen (secondary N) is 2. The van der Waals surface area contributed by atoms with Gasteiger partial charge in [0.05, 0.1) is 23.6 Å². The molecule has 152 valence electrons. The first-order valence-electron chi connectivity index (χ1n) is 10.2. The molecule has 0 saturated carbocycles. The van der Waals surface area contributed by atoms with Gasteiger partial charge in [-0.2, -0.15) is 0 Å². The predicted molar refractivity (Wildman–Crippen MR) is 125 cm³/mol. The number of pyridine rings is 2. The maximum Gasteiger partial charge on any atom is 0.249 e. The van der Waals surface area contributed by atoms with E-state index in [1.54, 1.807) is 36.9 Å². The molecule has 3 heterocycles. The molecule has 6 rings (SSSR count). The van der Waals surface area contributed by atoms with Crippen LogP contribution in [0.15, 0.2) is 91.5 Å². The number of rotatable bonds is 3. The molecule has 2 N–H and O–H groups in total. The Morgan fingerprint density at radius 2 is 1.62 bits per heavy atom. The quantitative estimate of drug-likeness (QED) is 0.395. The largest absolute Gasteiger partial charge is 0.338 e. The van der Waals surface area contributed by atoms with E-state index in [0.29, 0.717) is 5.69 Å². The molecular formula is C26H17N5O. The predicted octanol–water partition coefficient (Wildman–Crippen LogP) is 5.07. The molecule has 1 aliphatic carbocycles. The number of amides is 1. The third-order valence-electron chi connectivity index (χ3n) is 5.59. The minimum absolute atomic E-state index is 0.198. The van der Waals surface area contributed by atoms with Gasteiger partial charge in [-0.05, 0) is 40.5 Å². The van der Waals surface area contributed by atoms with Crippen LogP contribution in [0.3, 0.4) is 0 Å². The van der Waals surface area contributed by atoms with Crippen LogP contribution in [-0.4, -0.2) is 25.8 Å². The van der Waals surface area contributed by atoms with E-state index in [4.69, 9.17) is 4.98 Å². The monoisotopic (exact) mass is 415 g/mol. The van der Waals surface area contributed by atoms with E-state index >= 15 is 0 Å². The summed E-state index contributed by atoms with van der Waals surface area (Å²) >= 11 is 0. The lowest BCUT2D eigenvalue weighted by Crippen LogP contribution is -2.08. The molecule has 0 spiro atoms. The van der Waals surface area contributed by atoms with Crippen molar-refractivity contribution in [3.8, 4) is 22.5 Å². The number of benzene rings is 2. The summed E-state index contributed by atoms with van der Waals surface area (Å²) < 4.78 is 0. The molecule has 0 radical (unpaired) electrons. The first kappa shape index (κ1) is 18.2. The number of aromatic amines is 1. The van der Waals surface area contributed by atoms with Gasteiger partial charge in [-0.25, -0.2) is 4.98 Å². The zero-order valence-electron chi connectivity index (χ0n) is 16.9. The maximum absolute atomic E-state index is 12.8. The fraction of sp³-hybridized carbons (Fsp3) is 0. The Bertz CT molecular complexity index is 1490. The normalized spacial score (nSPS) is 13.2. The molecule has 0 saturated heterocycles. The molecule has 0 atom stereocenters. The van der Waals surface area contributed by atoms with Gasteiger partial charge in [0, 0.05) is 29.6 Å². The lowest BCUT2D eigenvalue weighted by molar-refractivity contribution is -0.111. The number of imidazole rings is 1. The lowest BCUT2D eigenvalue weighted by Gasteiger charge is -2.07. The Morgan fingerprint density at radius 1 is 0.812 bits per heavy atom. The molecule has 0 aliphatic heterocycles. The van der Waals surface area contributed by atoms with E-state index in [-0.39, 0.29) is 5.91 Å². The first-order chi connectivity index (χ1) is 15.8. The summed E-state index contributed by atoms with van der Waals surface area (Å²) in [5.41, 5.74) is 8.46. The number of carbonyl (C=O) groups is 1. The number of hydrogen-bond acceptors (Lipinski definition) is 4. The van der Waals surface area contributed by atoms with Crippen molar-refractivity contribution in [2.75, 3.05) is 5.32 Å². The summed E-state index contributed by atoms with van der Waals surface area (Å²) in [6, 6.07) is 19.8. The minimum atomic E-state index is -0.198. The lowest BCUT2D eigenvalue weighted by atomic mass is 9.98. The van der Waals surface area contributed by atoms with Crippen LogP contribution in [0.2, 0.25) is 0 Å². The van der Waals surface area contributed by atoms with Crippen molar-refractivity contribution in [1.29, 1.82) is 0 Å². The Morgan fingerprint density at radius 3 is 2.47 bits per heavy atom. The van der Waals surface area contributed by atoms with Crippen molar-refractivity contribution in [3.05, 3.63) is 103 Å². The molecule has 0 bridgehead atoms. The van der Waals surface area contributed by atoms with Gasteiger partial charge in [-0.15, -0.1) is 0 Å². The van der Waals surface area contributed by atoms with E-state index in [0.717, 1.165) is 50.2 Å². The first-order valence-corrected chi connectivity index (χ1v) is 10.2. The van der Waals surface area contributed by atoms with E-state index in [2.05, 4.69) is 32.4 Å². The van der Waals surface area contributed by atoms with E-state index in [1.807, 2.05) is 42.5 Å². The van der Waals surface area contributed by atoms with Gasteiger partial charge in [-0.3, -0.25) is 14.8 Å².